The van der Waals surface area contributed by atoms with Gasteiger partial charge >= 0.3 is 6.18 Å². The van der Waals surface area contributed by atoms with Gasteiger partial charge in [0.05, 0.1) is 5.75 Å². The quantitative estimate of drug-likeness (QED) is 0.693. The molecule has 0 unspecified atom stereocenters. The van der Waals surface area contributed by atoms with E-state index < -0.39 is 23.0 Å². The van der Waals surface area contributed by atoms with Crippen LogP contribution in [0.1, 0.15) is 11.5 Å². The van der Waals surface area contributed by atoms with E-state index in [4.69, 9.17) is 9.52 Å². The summed E-state index contributed by atoms with van der Waals surface area (Å²) < 4.78 is 42.2. The van der Waals surface area contributed by atoms with Crippen LogP contribution < -0.4 is 5.43 Å². The minimum Gasteiger partial charge on any atom is -0.502 e. The van der Waals surface area contributed by atoms with Crippen molar-refractivity contribution in [1.29, 1.82) is 0 Å². The third-order valence-electron chi connectivity index (χ3n) is 2.13. The number of hydrogen-bond donors (Lipinski definition) is 1. The fourth-order valence-electron chi connectivity index (χ4n) is 1.22. The van der Waals surface area contributed by atoms with Crippen molar-refractivity contribution in [2.24, 2.45) is 0 Å². The number of thioether (sulfide) groups is 1. The monoisotopic (exact) mass is 304 g/mol. The number of hydrogen-bond acceptors (Lipinski definition) is 6. The van der Waals surface area contributed by atoms with Crippen LogP contribution in [0.15, 0.2) is 39.0 Å². The second-order valence-electron chi connectivity index (χ2n) is 3.61. The molecule has 2 heterocycles. The van der Waals surface area contributed by atoms with Crippen molar-refractivity contribution in [3.05, 3.63) is 46.3 Å². The minimum absolute atomic E-state index is 0.0663. The minimum atomic E-state index is -4.54. The zero-order valence-corrected chi connectivity index (χ0v) is 10.5. The van der Waals surface area contributed by atoms with E-state index in [1.165, 1.54) is 0 Å². The Balaban J connectivity index is 2.11. The zero-order chi connectivity index (χ0) is 14.8. The Hall–Kier alpha value is -2.03. The predicted octanol–water partition coefficient (Wildman–Crippen LogP) is 2.45. The maximum absolute atomic E-state index is 12.4. The molecule has 2 aromatic heterocycles. The highest BCUT2D eigenvalue weighted by Gasteiger charge is 2.32. The Labute approximate surface area is 114 Å². The summed E-state index contributed by atoms with van der Waals surface area (Å²) in [7, 11) is 0. The summed E-state index contributed by atoms with van der Waals surface area (Å²) in [5.41, 5.74) is -1.67. The van der Waals surface area contributed by atoms with Gasteiger partial charge in [-0.05, 0) is 6.07 Å². The molecular formula is C11H7F3N2O3S. The molecule has 106 valence electrons. The average molecular weight is 304 g/mol. The first-order chi connectivity index (χ1) is 9.36. The lowest BCUT2D eigenvalue weighted by Gasteiger charge is -2.06. The van der Waals surface area contributed by atoms with E-state index in [1.54, 1.807) is 0 Å². The second kappa shape index (κ2) is 5.53. The van der Waals surface area contributed by atoms with Crippen molar-refractivity contribution in [1.82, 2.24) is 9.97 Å². The van der Waals surface area contributed by atoms with Gasteiger partial charge in [-0.1, -0.05) is 11.8 Å². The van der Waals surface area contributed by atoms with Gasteiger partial charge in [-0.2, -0.15) is 13.2 Å². The van der Waals surface area contributed by atoms with E-state index in [-0.39, 0.29) is 16.7 Å². The van der Waals surface area contributed by atoms with Crippen molar-refractivity contribution >= 4 is 11.8 Å². The first kappa shape index (κ1) is 14.4. The lowest BCUT2D eigenvalue weighted by Crippen LogP contribution is -2.08. The summed E-state index contributed by atoms with van der Waals surface area (Å²) in [6.45, 7) is 0. The van der Waals surface area contributed by atoms with Gasteiger partial charge < -0.3 is 9.52 Å². The highest BCUT2D eigenvalue weighted by atomic mass is 32.2. The van der Waals surface area contributed by atoms with Crippen LogP contribution in [0.25, 0.3) is 0 Å². The van der Waals surface area contributed by atoms with Gasteiger partial charge in [-0.3, -0.25) is 4.79 Å². The van der Waals surface area contributed by atoms with Crippen LogP contribution in [0.4, 0.5) is 13.2 Å². The van der Waals surface area contributed by atoms with E-state index in [0.717, 1.165) is 36.4 Å². The largest absolute Gasteiger partial charge is 0.502 e. The van der Waals surface area contributed by atoms with Crippen molar-refractivity contribution in [3.63, 3.8) is 0 Å². The molecule has 0 aliphatic rings. The molecule has 0 radical (unpaired) electrons. The van der Waals surface area contributed by atoms with Crippen molar-refractivity contribution in [2.45, 2.75) is 17.1 Å². The van der Waals surface area contributed by atoms with Crippen LogP contribution in [0.2, 0.25) is 0 Å². The molecule has 0 aliphatic heterocycles. The van der Waals surface area contributed by atoms with Crippen LogP contribution in [0.3, 0.4) is 0 Å². The number of aromatic nitrogens is 2. The molecule has 9 heteroatoms. The summed E-state index contributed by atoms with van der Waals surface area (Å²) in [6, 6.07) is 1.82. The first-order valence-corrected chi connectivity index (χ1v) is 6.18. The molecule has 1 N–H and O–H groups in total. The highest BCUT2D eigenvalue weighted by molar-refractivity contribution is 7.98. The number of rotatable bonds is 3. The van der Waals surface area contributed by atoms with E-state index in [0.29, 0.717) is 0 Å². The molecule has 0 bridgehead atoms. The van der Waals surface area contributed by atoms with Crippen molar-refractivity contribution in [2.75, 3.05) is 0 Å². The maximum atomic E-state index is 12.4. The smallest absolute Gasteiger partial charge is 0.433 e. The number of alkyl halides is 3. The molecular weight excluding hydrogens is 297 g/mol. The van der Waals surface area contributed by atoms with E-state index in [1.807, 2.05) is 0 Å². The second-order valence-corrected chi connectivity index (χ2v) is 4.55. The highest BCUT2D eigenvalue weighted by Crippen LogP contribution is 2.29. The Kier molecular flexibility index (Phi) is 3.98. The van der Waals surface area contributed by atoms with E-state index >= 15 is 0 Å². The summed E-state index contributed by atoms with van der Waals surface area (Å²) in [5.74, 6) is -0.274. The van der Waals surface area contributed by atoms with Crippen LogP contribution in [-0.2, 0) is 11.9 Å². The molecule has 0 amide bonds. The Bertz CT molecular complexity index is 672. The van der Waals surface area contributed by atoms with Gasteiger partial charge in [0.2, 0.25) is 5.43 Å². The van der Waals surface area contributed by atoms with Crippen molar-refractivity contribution < 1.29 is 22.7 Å². The van der Waals surface area contributed by atoms with Gasteiger partial charge in [-0.15, -0.1) is 0 Å². The molecule has 0 atom stereocenters. The fourth-order valence-corrected chi connectivity index (χ4v) is 1.94. The molecule has 0 spiro atoms. The number of aromatic hydroxyl groups is 1. The third-order valence-corrected chi connectivity index (χ3v) is 3.02. The number of nitrogens with zero attached hydrogens (tertiary/aromatic N) is 2. The van der Waals surface area contributed by atoms with Crippen LogP contribution in [-0.4, -0.2) is 15.1 Å². The predicted molar refractivity (Wildman–Crippen MR) is 63.2 cm³/mol. The zero-order valence-electron chi connectivity index (χ0n) is 9.72. The van der Waals surface area contributed by atoms with Gasteiger partial charge in [0.1, 0.15) is 17.7 Å². The summed E-state index contributed by atoms with van der Waals surface area (Å²) >= 11 is 0.882. The van der Waals surface area contributed by atoms with Gasteiger partial charge in [0.25, 0.3) is 0 Å². The van der Waals surface area contributed by atoms with Crippen molar-refractivity contribution in [3.8, 4) is 5.75 Å². The van der Waals surface area contributed by atoms with Crippen LogP contribution in [0, 0.1) is 0 Å². The molecule has 2 aromatic rings. The van der Waals surface area contributed by atoms with Gasteiger partial charge in [-0.25, -0.2) is 9.97 Å². The van der Waals surface area contributed by atoms with Crippen LogP contribution in [0.5, 0.6) is 5.75 Å². The normalized spacial score (nSPS) is 11.6. The van der Waals surface area contributed by atoms with Crippen LogP contribution >= 0.6 is 11.8 Å². The van der Waals surface area contributed by atoms with E-state index in [2.05, 4.69) is 9.97 Å². The Morgan fingerprint density at radius 2 is 2.15 bits per heavy atom. The molecule has 20 heavy (non-hydrogen) atoms. The fraction of sp³-hybridized carbons (Fsp3) is 0.182. The number of halogens is 3. The lowest BCUT2D eigenvalue weighted by atomic mass is 10.4. The standard InChI is InChI=1S/C11H7F3N2O3S/c12-11(13,14)9-1-2-15-10(16-9)20-5-6-3-7(17)8(18)4-19-6/h1-4,18H,5H2. The summed E-state index contributed by atoms with van der Waals surface area (Å²) in [4.78, 5) is 18.2. The molecule has 0 saturated heterocycles. The lowest BCUT2D eigenvalue weighted by molar-refractivity contribution is -0.141. The SMILES string of the molecule is O=c1cc(CSc2nccc(C(F)(F)F)n2)occ1O. The summed E-state index contributed by atoms with van der Waals surface area (Å²) in [6.07, 6.45) is -2.67. The molecule has 0 aromatic carbocycles. The van der Waals surface area contributed by atoms with Gasteiger partial charge in [0.15, 0.2) is 10.9 Å². The molecule has 0 saturated carbocycles. The van der Waals surface area contributed by atoms with E-state index in [9.17, 15) is 18.0 Å². The Morgan fingerprint density at radius 1 is 1.40 bits per heavy atom. The molecule has 2 rings (SSSR count). The Morgan fingerprint density at radius 3 is 2.80 bits per heavy atom. The average Bonchev–Trinajstić information content (AvgIpc) is 2.39. The third kappa shape index (κ3) is 3.50. The van der Waals surface area contributed by atoms with Gasteiger partial charge in [0, 0.05) is 12.3 Å². The molecule has 0 fully saturated rings. The first-order valence-electron chi connectivity index (χ1n) is 5.20. The maximum Gasteiger partial charge on any atom is 0.433 e. The molecule has 5 nitrogen and oxygen atoms in total. The summed E-state index contributed by atoms with van der Waals surface area (Å²) in [5, 5.41) is 8.90. The molecule has 0 aliphatic carbocycles. The topological polar surface area (TPSA) is 76.2 Å².